The Bertz CT molecular complexity index is 954. The minimum absolute atomic E-state index is 0.290. The molecule has 0 fully saturated rings. The smallest absolute Gasteiger partial charge is 0.335 e. The fourth-order valence-corrected chi connectivity index (χ4v) is 3.28. The lowest BCUT2D eigenvalue weighted by molar-refractivity contribution is 0.0696. The monoisotopic (exact) mass is 350 g/mol. The number of carboxylic acid groups (broad SMARTS) is 1. The Labute approximate surface area is 149 Å². The maximum Gasteiger partial charge on any atom is 0.335 e. The topological polar surface area (TPSA) is 110 Å². The van der Waals surface area contributed by atoms with Crippen molar-refractivity contribution in [1.29, 1.82) is 0 Å². The fraction of sp³-hybridized carbons (Fsp3) is 0.222. The molecule has 0 bridgehead atoms. The summed E-state index contributed by atoms with van der Waals surface area (Å²) in [5.74, 6) is 0.244. The van der Waals surface area contributed by atoms with E-state index in [0.717, 1.165) is 30.5 Å². The molecule has 0 unspecified atom stereocenters. The molecule has 2 aromatic heterocycles. The lowest BCUT2D eigenvalue weighted by atomic mass is 10.0. The van der Waals surface area contributed by atoms with Gasteiger partial charge in [0.15, 0.2) is 11.6 Å². The van der Waals surface area contributed by atoms with Crippen molar-refractivity contribution < 1.29 is 9.90 Å². The molecule has 8 nitrogen and oxygen atoms in total. The van der Waals surface area contributed by atoms with Crippen molar-refractivity contribution in [3.8, 4) is 5.82 Å². The van der Waals surface area contributed by atoms with E-state index in [0.29, 0.717) is 29.4 Å². The van der Waals surface area contributed by atoms with Gasteiger partial charge in [0.05, 0.1) is 5.56 Å². The van der Waals surface area contributed by atoms with Crippen LogP contribution in [0.5, 0.6) is 0 Å². The maximum atomic E-state index is 11.3. The first-order valence-electron chi connectivity index (χ1n) is 8.34. The molecule has 3 N–H and O–H groups in total. The molecule has 0 amide bonds. The van der Waals surface area contributed by atoms with Gasteiger partial charge < -0.3 is 15.7 Å². The Balaban J connectivity index is 1.72. The van der Waals surface area contributed by atoms with Crippen LogP contribution in [0.25, 0.3) is 5.82 Å². The molecule has 26 heavy (non-hydrogen) atoms. The van der Waals surface area contributed by atoms with E-state index >= 15 is 0 Å². The molecule has 1 aromatic carbocycles. The first-order chi connectivity index (χ1) is 12.6. The van der Waals surface area contributed by atoms with E-state index in [1.54, 1.807) is 35.3 Å². The van der Waals surface area contributed by atoms with Gasteiger partial charge in [0.2, 0.25) is 0 Å². The van der Waals surface area contributed by atoms with Crippen LogP contribution in [0.3, 0.4) is 0 Å². The summed E-state index contributed by atoms with van der Waals surface area (Å²) < 4.78 is 1.61. The predicted octanol–water partition coefficient (Wildman–Crippen LogP) is 1.90. The van der Waals surface area contributed by atoms with Gasteiger partial charge in [-0.3, -0.25) is 0 Å². The molecule has 0 atom stereocenters. The standard InChI is InChI=1S/C18H18N6O2/c19-15-16(20-11-21-17(15)24-8-2-6-22-24)23-7-1-3-12-4-5-13(18(25)26)9-14(12)10-23/h2,4-6,8-9,11H,1,3,7,10,19H2,(H,25,26). The van der Waals surface area contributed by atoms with E-state index in [9.17, 15) is 9.90 Å². The number of hydrogen-bond acceptors (Lipinski definition) is 6. The van der Waals surface area contributed by atoms with Gasteiger partial charge in [-0.1, -0.05) is 6.07 Å². The number of nitrogen functional groups attached to an aromatic ring is 1. The van der Waals surface area contributed by atoms with Gasteiger partial charge in [-0.25, -0.2) is 19.4 Å². The number of anilines is 2. The zero-order valence-electron chi connectivity index (χ0n) is 14.0. The van der Waals surface area contributed by atoms with Gasteiger partial charge in [0.1, 0.15) is 12.0 Å². The van der Waals surface area contributed by atoms with Crippen LogP contribution in [-0.4, -0.2) is 37.4 Å². The van der Waals surface area contributed by atoms with Crippen molar-refractivity contribution in [3.63, 3.8) is 0 Å². The molecule has 132 valence electrons. The molecule has 0 saturated carbocycles. The lowest BCUT2D eigenvalue weighted by Crippen LogP contribution is -2.25. The Hall–Kier alpha value is -3.42. The zero-order valence-corrected chi connectivity index (χ0v) is 14.0. The quantitative estimate of drug-likeness (QED) is 0.742. The summed E-state index contributed by atoms with van der Waals surface area (Å²) in [4.78, 5) is 22.0. The number of carbonyl (C=O) groups is 1. The van der Waals surface area contributed by atoms with Gasteiger partial charge >= 0.3 is 5.97 Å². The third-order valence-corrected chi connectivity index (χ3v) is 4.55. The number of benzene rings is 1. The summed E-state index contributed by atoms with van der Waals surface area (Å²) in [6.45, 7) is 1.33. The number of rotatable bonds is 3. The summed E-state index contributed by atoms with van der Waals surface area (Å²) in [7, 11) is 0. The van der Waals surface area contributed by atoms with Crippen LogP contribution in [0.15, 0.2) is 43.0 Å². The summed E-state index contributed by atoms with van der Waals surface area (Å²) in [5.41, 5.74) is 9.23. The molecule has 3 heterocycles. The van der Waals surface area contributed by atoms with Crippen molar-refractivity contribution in [2.45, 2.75) is 19.4 Å². The average molecular weight is 350 g/mol. The van der Waals surface area contributed by atoms with Crippen LogP contribution >= 0.6 is 0 Å². The summed E-state index contributed by atoms with van der Waals surface area (Å²) >= 11 is 0. The number of nitrogens with zero attached hydrogens (tertiary/aromatic N) is 5. The van der Waals surface area contributed by atoms with Crippen molar-refractivity contribution >= 4 is 17.5 Å². The van der Waals surface area contributed by atoms with Gasteiger partial charge in [0.25, 0.3) is 0 Å². The highest BCUT2D eigenvalue weighted by Crippen LogP contribution is 2.29. The number of carboxylic acids is 1. The lowest BCUT2D eigenvalue weighted by Gasteiger charge is -2.24. The maximum absolute atomic E-state index is 11.3. The molecule has 1 aliphatic heterocycles. The number of aryl methyl sites for hydroxylation is 1. The molecule has 3 aromatic rings. The SMILES string of the molecule is Nc1c(N2CCCc3ccc(C(=O)O)cc3C2)ncnc1-n1cccn1. The molecular formula is C18H18N6O2. The first kappa shape index (κ1) is 16.1. The molecular weight excluding hydrogens is 332 g/mol. The second kappa shape index (κ2) is 6.47. The van der Waals surface area contributed by atoms with Crippen LogP contribution in [0.2, 0.25) is 0 Å². The van der Waals surface area contributed by atoms with Crippen LogP contribution in [0.1, 0.15) is 27.9 Å². The van der Waals surface area contributed by atoms with Gasteiger partial charge in [-0.05, 0) is 42.2 Å². The van der Waals surface area contributed by atoms with E-state index in [1.807, 2.05) is 6.07 Å². The Morgan fingerprint density at radius 1 is 1.19 bits per heavy atom. The van der Waals surface area contributed by atoms with Crippen LogP contribution in [0.4, 0.5) is 11.5 Å². The van der Waals surface area contributed by atoms with Crippen molar-refractivity contribution in [2.75, 3.05) is 17.2 Å². The second-order valence-corrected chi connectivity index (χ2v) is 6.20. The Kier molecular flexibility index (Phi) is 4.00. The largest absolute Gasteiger partial charge is 0.478 e. The van der Waals surface area contributed by atoms with Gasteiger partial charge in [-0.15, -0.1) is 0 Å². The molecule has 8 heteroatoms. The average Bonchev–Trinajstić information content (AvgIpc) is 3.08. The third kappa shape index (κ3) is 2.85. The number of nitrogens with two attached hydrogens (primary N) is 1. The molecule has 4 rings (SSSR count). The summed E-state index contributed by atoms with van der Waals surface area (Å²) in [5, 5.41) is 13.4. The third-order valence-electron chi connectivity index (χ3n) is 4.55. The van der Waals surface area contributed by atoms with Crippen LogP contribution < -0.4 is 10.6 Å². The van der Waals surface area contributed by atoms with E-state index in [1.165, 1.54) is 6.33 Å². The minimum Gasteiger partial charge on any atom is -0.478 e. The highest BCUT2D eigenvalue weighted by atomic mass is 16.4. The van der Waals surface area contributed by atoms with E-state index in [2.05, 4.69) is 20.0 Å². The predicted molar refractivity (Wildman–Crippen MR) is 96.3 cm³/mol. The second-order valence-electron chi connectivity index (χ2n) is 6.20. The van der Waals surface area contributed by atoms with Crippen molar-refractivity contribution in [1.82, 2.24) is 19.7 Å². The Morgan fingerprint density at radius 2 is 2.04 bits per heavy atom. The van der Waals surface area contributed by atoms with Gasteiger partial charge in [-0.2, -0.15) is 5.10 Å². The van der Waals surface area contributed by atoms with E-state index in [4.69, 9.17) is 5.73 Å². The number of aromatic carboxylic acids is 1. The molecule has 0 spiro atoms. The molecule has 1 aliphatic rings. The van der Waals surface area contributed by atoms with E-state index < -0.39 is 5.97 Å². The highest BCUT2D eigenvalue weighted by Gasteiger charge is 2.21. The number of fused-ring (bicyclic) bond motifs is 1. The first-order valence-corrected chi connectivity index (χ1v) is 8.34. The van der Waals surface area contributed by atoms with Crippen LogP contribution in [0, 0.1) is 0 Å². The number of aromatic nitrogens is 4. The summed E-state index contributed by atoms with van der Waals surface area (Å²) in [6.07, 6.45) is 6.74. The Morgan fingerprint density at radius 3 is 2.81 bits per heavy atom. The van der Waals surface area contributed by atoms with Crippen molar-refractivity contribution in [2.24, 2.45) is 0 Å². The number of hydrogen-bond donors (Lipinski definition) is 2. The van der Waals surface area contributed by atoms with Crippen molar-refractivity contribution in [3.05, 3.63) is 59.7 Å². The summed E-state index contributed by atoms with van der Waals surface area (Å²) in [6, 6.07) is 7.10. The minimum atomic E-state index is -0.925. The molecule has 0 radical (unpaired) electrons. The molecule has 0 saturated heterocycles. The van der Waals surface area contributed by atoms with E-state index in [-0.39, 0.29) is 0 Å². The normalized spacial score (nSPS) is 13.9. The molecule has 0 aliphatic carbocycles. The van der Waals surface area contributed by atoms with Gasteiger partial charge in [0, 0.05) is 25.5 Å². The fourth-order valence-electron chi connectivity index (χ4n) is 3.28. The highest BCUT2D eigenvalue weighted by molar-refractivity contribution is 5.88. The zero-order chi connectivity index (χ0) is 18.1. The van der Waals surface area contributed by atoms with Crippen LogP contribution in [-0.2, 0) is 13.0 Å².